The summed E-state index contributed by atoms with van der Waals surface area (Å²) in [4.78, 5) is 38.0. The molecule has 1 atom stereocenters. The van der Waals surface area contributed by atoms with Crippen molar-refractivity contribution < 1.29 is 28.6 Å². The predicted octanol–water partition coefficient (Wildman–Crippen LogP) is 22.8. The molecular formula is C72H124O6. The van der Waals surface area contributed by atoms with Crippen LogP contribution >= 0.6 is 0 Å². The van der Waals surface area contributed by atoms with Crippen LogP contribution in [0, 0.1) is 0 Å². The van der Waals surface area contributed by atoms with E-state index in [0.717, 1.165) is 109 Å². The number of ether oxygens (including phenoxy) is 3. The summed E-state index contributed by atoms with van der Waals surface area (Å²) in [6, 6.07) is 0. The highest BCUT2D eigenvalue weighted by atomic mass is 16.6. The third kappa shape index (κ3) is 63.2. The maximum Gasteiger partial charge on any atom is 0.306 e. The number of rotatable bonds is 60. The van der Waals surface area contributed by atoms with Crippen molar-refractivity contribution in [3.8, 4) is 0 Å². The summed E-state index contributed by atoms with van der Waals surface area (Å²) in [5, 5.41) is 0. The van der Waals surface area contributed by atoms with E-state index in [9.17, 15) is 14.4 Å². The Balaban J connectivity index is 4.05. The van der Waals surface area contributed by atoms with Gasteiger partial charge in [-0.3, -0.25) is 14.4 Å². The molecule has 6 heteroatoms. The van der Waals surface area contributed by atoms with E-state index in [0.29, 0.717) is 19.3 Å². The zero-order valence-electron chi connectivity index (χ0n) is 51.4. The molecule has 6 nitrogen and oxygen atoms in total. The highest BCUT2D eigenvalue weighted by Gasteiger charge is 2.19. The molecule has 0 spiro atoms. The molecule has 448 valence electrons. The van der Waals surface area contributed by atoms with Gasteiger partial charge in [-0.15, -0.1) is 0 Å². The van der Waals surface area contributed by atoms with Gasteiger partial charge in [0.1, 0.15) is 13.2 Å². The molecule has 0 aromatic heterocycles. The van der Waals surface area contributed by atoms with Crippen molar-refractivity contribution in [3.63, 3.8) is 0 Å². The van der Waals surface area contributed by atoms with Gasteiger partial charge in [0.05, 0.1) is 0 Å². The summed E-state index contributed by atoms with van der Waals surface area (Å²) in [5.74, 6) is -0.875. The van der Waals surface area contributed by atoms with Crippen LogP contribution in [0.4, 0.5) is 0 Å². The fourth-order valence-electron chi connectivity index (χ4n) is 9.40. The van der Waals surface area contributed by atoms with Gasteiger partial charge < -0.3 is 14.2 Å². The summed E-state index contributed by atoms with van der Waals surface area (Å²) < 4.78 is 16.8. The van der Waals surface area contributed by atoms with Crippen molar-refractivity contribution in [1.29, 1.82) is 0 Å². The Morgan fingerprint density at radius 1 is 0.269 bits per heavy atom. The number of carbonyl (C=O) groups excluding carboxylic acids is 3. The van der Waals surface area contributed by atoms with Crippen molar-refractivity contribution in [2.24, 2.45) is 0 Å². The fraction of sp³-hybridized carbons (Fsp3) is 0.736. The quantitative estimate of drug-likeness (QED) is 0.0261. The summed E-state index contributed by atoms with van der Waals surface area (Å²) in [6.45, 7) is 6.50. The predicted molar refractivity (Wildman–Crippen MR) is 339 cm³/mol. The minimum Gasteiger partial charge on any atom is -0.462 e. The Hall–Kier alpha value is -3.67. The second kappa shape index (κ2) is 65.8. The maximum absolute atomic E-state index is 12.8. The molecule has 0 bridgehead atoms. The van der Waals surface area contributed by atoms with Crippen LogP contribution in [0.3, 0.4) is 0 Å². The largest absolute Gasteiger partial charge is 0.462 e. The lowest BCUT2D eigenvalue weighted by molar-refractivity contribution is -0.167. The molecule has 78 heavy (non-hydrogen) atoms. The molecule has 0 aromatic rings. The summed E-state index contributed by atoms with van der Waals surface area (Å²) >= 11 is 0. The molecular weight excluding hydrogens is 961 g/mol. The number of esters is 3. The first-order valence-electron chi connectivity index (χ1n) is 33.2. The van der Waals surface area contributed by atoms with Crippen molar-refractivity contribution in [1.82, 2.24) is 0 Å². The second-order valence-corrected chi connectivity index (χ2v) is 22.0. The first-order chi connectivity index (χ1) is 38.5. The highest BCUT2D eigenvalue weighted by Crippen LogP contribution is 2.17. The van der Waals surface area contributed by atoms with E-state index in [1.807, 2.05) is 0 Å². The molecule has 0 fully saturated rings. The molecule has 0 aliphatic carbocycles. The third-order valence-electron chi connectivity index (χ3n) is 14.4. The topological polar surface area (TPSA) is 78.9 Å². The van der Waals surface area contributed by atoms with Gasteiger partial charge in [0, 0.05) is 19.3 Å². The number of hydrogen-bond acceptors (Lipinski definition) is 6. The number of unbranched alkanes of at least 4 members (excludes halogenated alkanes) is 33. The Morgan fingerprint density at radius 2 is 0.500 bits per heavy atom. The van der Waals surface area contributed by atoms with Gasteiger partial charge in [-0.05, 0) is 83.5 Å². The van der Waals surface area contributed by atoms with E-state index in [4.69, 9.17) is 14.2 Å². The van der Waals surface area contributed by atoms with E-state index in [1.165, 1.54) is 173 Å². The second-order valence-electron chi connectivity index (χ2n) is 22.0. The van der Waals surface area contributed by atoms with Crippen molar-refractivity contribution in [3.05, 3.63) is 97.2 Å². The standard InChI is InChI=1S/C72H124O6/c1-4-7-10-13-16-18-20-22-24-26-28-29-30-31-32-33-34-35-36-37-38-39-40-41-42-43-45-46-48-50-52-54-56-59-62-65-71(74)77-68-69(67-76-70(73)64-61-58-15-12-9-6-3)78-72(75)66-63-60-57-55-53-51-49-47-44-27-25-23-21-19-17-14-11-8-5-2/h7,10,16,18,22,24,28-29,31-32,34-35,37-38,40-41,69H,4-6,8-9,11-15,17,19-21,23,25-27,30,33,36,39,42-68H2,1-3H3/b10-7-,18-16-,24-22-,29-28-,32-31-,35-34-,38-37-,41-40-. The Labute approximate surface area is 483 Å². The minimum atomic E-state index is -0.773. The fourth-order valence-corrected chi connectivity index (χ4v) is 9.40. The van der Waals surface area contributed by atoms with Crippen LogP contribution in [-0.4, -0.2) is 37.2 Å². The van der Waals surface area contributed by atoms with Gasteiger partial charge >= 0.3 is 17.9 Å². The monoisotopic (exact) mass is 1080 g/mol. The van der Waals surface area contributed by atoms with Gasteiger partial charge in [0.25, 0.3) is 0 Å². The van der Waals surface area contributed by atoms with E-state index < -0.39 is 6.10 Å². The van der Waals surface area contributed by atoms with E-state index in [-0.39, 0.29) is 31.1 Å². The van der Waals surface area contributed by atoms with E-state index in [1.54, 1.807) is 0 Å². The molecule has 0 radical (unpaired) electrons. The van der Waals surface area contributed by atoms with Crippen LogP contribution in [0.15, 0.2) is 97.2 Å². The SMILES string of the molecule is CC/C=C\C/C=C\C/C=C\C/C=C\C/C=C\C/C=C\C/C=C\C/C=C\CCCCCCCCCCCCC(=O)OCC(COC(=O)CCCCCCCC)OC(=O)CCCCCCCCCCCCCCCCCCCCC. The van der Waals surface area contributed by atoms with Crippen LogP contribution in [-0.2, 0) is 28.6 Å². The van der Waals surface area contributed by atoms with Gasteiger partial charge in [-0.1, -0.05) is 317 Å². The smallest absolute Gasteiger partial charge is 0.306 e. The Morgan fingerprint density at radius 3 is 0.782 bits per heavy atom. The number of hydrogen-bond donors (Lipinski definition) is 0. The molecule has 0 aliphatic rings. The lowest BCUT2D eigenvalue weighted by Gasteiger charge is -2.18. The summed E-state index contributed by atoms with van der Waals surface area (Å²) in [5.41, 5.74) is 0. The lowest BCUT2D eigenvalue weighted by atomic mass is 10.0. The molecule has 0 saturated heterocycles. The zero-order valence-corrected chi connectivity index (χ0v) is 51.4. The zero-order chi connectivity index (χ0) is 56.4. The van der Waals surface area contributed by atoms with Crippen molar-refractivity contribution >= 4 is 17.9 Å². The third-order valence-corrected chi connectivity index (χ3v) is 14.4. The van der Waals surface area contributed by atoms with Crippen LogP contribution in [0.2, 0.25) is 0 Å². The Bertz CT molecular complexity index is 1530. The molecule has 0 saturated carbocycles. The van der Waals surface area contributed by atoms with Crippen molar-refractivity contribution in [2.45, 2.75) is 329 Å². The highest BCUT2D eigenvalue weighted by molar-refractivity contribution is 5.71. The molecule has 0 aromatic carbocycles. The van der Waals surface area contributed by atoms with Gasteiger partial charge in [-0.25, -0.2) is 0 Å². The number of carbonyl (C=O) groups is 3. The van der Waals surface area contributed by atoms with Crippen LogP contribution in [0.25, 0.3) is 0 Å². The van der Waals surface area contributed by atoms with Crippen molar-refractivity contribution in [2.75, 3.05) is 13.2 Å². The van der Waals surface area contributed by atoms with Crippen LogP contribution < -0.4 is 0 Å². The van der Waals surface area contributed by atoms with Crippen LogP contribution in [0.1, 0.15) is 323 Å². The van der Waals surface area contributed by atoms with E-state index >= 15 is 0 Å². The first kappa shape index (κ1) is 74.3. The Kier molecular flexibility index (Phi) is 62.7. The molecule has 0 N–H and O–H groups in total. The number of allylic oxidation sites excluding steroid dienone is 16. The molecule has 0 rings (SSSR count). The van der Waals surface area contributed by atoms with Gasteiger partial charge in [0.2, 0.25) is 0 Å². The average Bonchev–Trinajstić information content (AvgIpc) is 3.44. The first-order valence-corrected chi connectivity index (χ1v) is 33.2. The van der Waals surface area contributed by atoms with E-state index in [2.05, 4.69) is 118 Å². The molecule has 0 heterocycles. The minimum absolute atomic E-state index is 0.0743. The molecule has 1 unspecified atom stereocenters. The van der Waals surface area contributed by atoms with Gasteiger partial charge in [0.15, 0.2) is 6.10 Å². The maximum atomic E-state index is 12.8. The molecule has 0 aliphatic heterocycles. The average molecular weight is 1090 g/mol. The lowest BCUT2D eigenvalue weighted by Crippen LogP contribution is -2.30. The summed E-state index contributed by atoms with van der Waals surface area (Å²) in [7, 11) is 0. The van der Waals surface area contributed by atoms with Crippen LogP contribution in [0.5, 0.6) is 0 Å². The van der Waals surface area contributed by atoms with Gasteiger partial charge in [-0.2, -0.15) is 0 Å². The summed E-state index contributed by atoms with van der Waals surface area (Å²) in [6.07, 6.45) is 88.9. The normalized spacial score (nSPS) is 12.7. The molecule has 0 amide bonds.